The molecule has 43 heavy (non-hydrogen) atoms. The molecule has 0 fully saturated rings. The van der Waals surface area contributed by atoms with Crippen molar-refractivity contribution in [2.75, 3.05) is 14.2 Å². The van der Waals surface area contributed by atoms with Crippen molar-refractivity contribution in [3.05, 3.63) is 108 Å². The Balaban J connectivity index is 1.37. The minimum absolute atomic E-state index is 0.127. The number of nitrogens with one attached hydrogen (secondary N) is 2. The minimum atomic E-state index is -1.13. The van der Waals surface area contributed by atoms with Crippen LogP contribution < -0.4 is 14.8 Å². The van der Waals surface area contributed by atoms with E-state index in [2.05, 4.69) is 10.3 Å². The summed E-state index contributed by atoms with van der Waals surface area (Å²) in [5.74, 6) is -0.291. The number of benzene rings is 4. The molecule has 9 nitrogen and oxygen atoms in total. The number of H-pyrrole nitrogens is 1. The predicted molar refractivity (Wildman–Crippen MR) is 164 cm³/mol. The smallest absolute Gasteiger partial charge is 0.326 e. The minimum Gasteiger partial charge on any atom is -0.497 e. The molecule has 0 bridgehead atoms. The number of ether oxygens (including phenoxy) is 2. The van der Waals surface area contributed by atoms with E-state index in [4.69, 9.17) is 19.4 Å². The zero-order valence-electron chi connectivity index (χ0n) is 23.5. The number of nitrogens with zero attached hydrogens (tertiary/aromatic N) is 2. The number of amides is 1. The standard InChI is InChI=1S/C34H28N4O5/c1-42-24-9-5-7-20(15-24)31-32(21-8-6-10-25(16-21)43-2)37-29-17-22(13-14-28(29)36-31)33(39)38-30(34(40)41)18-23-19-35-27-12-4-3-11-26(23)27/h3-17,19,30,35H,18H2,1-2H3,(H,38,39)(H,40,41)/t30-/m0/s1. The van der Waals surface area contributed by atoms with Crippen LogP contribution in [0.15, 0.2) is 97.2 Å². The van der Waals surface area contributed by atoms with E-state index in [0.29, 0.717) is 33.9 Å². The topological polar surface area (TPSA) is 126 Å². The molecule has 0 aliphatic carbocycles. The Morgan fingerprint density at radius 2 is 1.47 bits per heavy atom. The van der Waals surface area contributed by atoms with E-state index in [1.54, 1.807) is 38.6 Å². The van der Waals surface area contributed by atoms with Crippen molar-refractivity contribution in [2.24, 2.45) is 0 Å². The molecule has 0 saturated heterocycles. The molecule has 9 heteroatoms. The third-order valence-electron chi connectivity index (χ3n) is 7.32. The van der Waals surface area contributed by atoms with Crippen molar-refractivity contribution in [1.29, 1.82) is 0 Å². The Morgan fingerprint density at radius 3 is 2.12 bits per heavy atom. The fourth-order valence-corrected chi connectivity index (χ4v) is 5.10. The number of aliphatic carboxylic acids is 1. The van der Waals surface area contributed by atoms with Crippen molar-refractivity contribution < 1.29 is 24.2 Å². The van der Waals surface area contributed by atoms with Crippen LogP contribution in [-0.4, -0.2) is 52.2 Å². The van der Waals surface area contributed by atoms with Gasteiger partial charge in [-0.05, 0) is 54.1 Å². The number of aromatic amines is 1. The van der Waals surface area contributed by atoms with E-state index in [1.807, 2.05) is 72.8 Å². The van der Waals surface area contributed by atoms with E-state index in [9.17, 15) is 14.7 Å². The zero-order chi connectivity index (χ0) is 29.9. The van der Waals surface area contributed by atoms with Crippen LogP contribution >= 0.6 is 0 Å². The number of carbonyl (C=O) groups is 2. The maximum Gasteiger partial charge on any atom is 0.326 e. The van der Waals surface area contributed by atoms with Crippen molar-refractivity contribution >= 4 is 33.8 Å². The van der Waals surface area contributed by atoms with E-state index in [0.717, 1.165) is 27.6 Å². The number of hydrogen-bond acceptors (Lipinski definition) is 6. The van der Waals surface area contributed by atoms with E-state index < -0.39 is 17.9 Å². The summed E-state index contributed by atoms with van der Waals surface area (Å²) >= 11 is 0. The summed E-state index contributed by atoms with van der Waals surface area (Å²) in [5.41, 5.74) is 5.89. The fraction of sp³-hybridized carbons (Fsp3) is 0.118. The van der Waals surface area contributed by atoms with Gasteiger partial charge in [0, 0.05) is 40.2 Å². The largest absolute Gasteiger partial charge is 0.497 e. The highest BCUT2D eigenvalue weighted by atomic mass is 16.5. The van der Waals surface area contributed by atoms with Gasteiger partial charge in [0.25, 0.3) is 5.91 Å². The molecule has 1 atom stereocenters. The summed E-state index contributed by atoms with van der Waals surface area (Å²) in [7, 11) is 3.21. The number of fused-ring (bicyclic) bond motifs is 2. The number of rotatable bonds is 9. The predicted octanol–water partition coefficient (Wildman–Crippen LogP) is 5.89. The highest BCUT2D eigenvalue weighted by molar-refractivity contribution is 6.00. The second kappa shape index (κ2) is 11.7. The first-order valence-corrected chi connectivity index (χ1v) is 13.6. The number of methoxy groups -OCH3 is 2. The Hall–Kier alpha value is -5.70. The van der Waals surface area contributed by atoms with Crippen LogP contribution in [0.25, 0.3) is 44.5 Å². The molecule has 6 aromatic rings. The van der Waals surface area contributed by atoms with Gasteiger partial charge in [0.1, 0.15) is 17.5 Å². The van der Waals surface area contributed by atoms with Gasteiger partial charge in [0.05, 0.1) is 36.6 Å². The van der Waals surface area contributed by atoms with Gasteiger partial charge in [-0.2, -0.15) is 0 Å². The maximum absolute atomic E-state index is 13.3. The monoisotopic (exact) mass is 572 g/mol. The third kappa shape index (κ3) is 5.60. The molecular weight excluding hydrogens is 544 g/mol. The number of carbonyl (C=O) groups excluding carboxylic acids is 1. The van der Waals surface area contributed by atoms with Gasteiger partial charge < -0.3 is 24.9 Å². The van der Waals surface area contributed by atoms with E-state index in [1.165, 1.54) is 0 Å². The third-order valence-corrected chi connectivity index (χ3v) is 7.32. The highest BCUT2D eigenvalue weighted by Gasteiger charge is 2.23. The van der Waals surface area contributed by atoms with Gasteiger partial charge >= 0.3 is 5.97 Å². The van der Waals surface area contributed by atoms with Crippen LogP contribution in [0.4, 0.5) is 0 Å². The Kier molecular flexibility index (Phi) is 7.44. The quantitative estimate of drug-likeness (QED) is 0.197. The lowest BCUT2D eigenvalue weighted by Gasteiger charge is -2.15. The Bertz CT molecular complexity index is 1980. The lowest BCUT2D eigenvalue weighted by Crippen LogP contribution is -2.42. The molecular formula is C34H28N4O5. The molecule has 0 saturated carbocycles. The van der Waals surface area contributed by atoms with E-state index in [-0.39, 0.29) is 12.0 Å². The molecule has 214 valence electrons. The summed E-state index contributed by atoms with van der Waals surface area (Å²) < 4.78 is 10.9. The van der Waals surface area contributed by atoms with Crippen LogP contribution in [0.3, 0.4) is 0 Å². The van der Waals surface area contributed by atoms with Crippen LogP contribution in [0.2, 0.25) is 0 Å². The molecule has 2 heterocycles. The number of para-hydroxylation sites is 1. The lowest BCUT2D eigenvalue weighted by atomic mass is 10.0. The summed E-state index contributed by atoms with van der Waals surface area (Å²) in [5, 5.41) is 13.5. The van der Waals surface area contributed by atoms with Crippen LogP contribution in [-0.2, 0) is 11.2 Å². The summed E-state index contributed by atoms with van der Waals surface area (Å²) in [4.78, 5) is 38.5. The first-order chi connectivity index (χ1) is 20.9. The molecule has 2 aromatic heterocycles. The average Bonchev–Trinajstić information content (AvgIpc) is 3.46. The maximum atomic E-state index is 13.3. The fourth-order valence-electron chi connectivity index (χ4n) is 5.10. The molecule has 1 amide bonds. The van der Waals surface area contributed by atoms with Gasteiger partial charge in [-0.3, -0.25) is 4.79 Å². The summed E-state index contributed by atoms with van der Waals surface area (Å²) in [6, 6.07) is 26.6. The molecule has 0 unspecified atom stereocenters. The Morgan fingerprint density at radius 1 is 0.814 bits per heavy atom. The van der Waals surface area contributed by atoms with E-state index >= 15 is 0 Å². The number of aromatic nitrogens is 3. The normalized spacial score (nSPS) is 11.8. The second-order valence-corrected chi connectivity index (χ2v) is 10.0. The van der Waals surface area contributed by atoms with Gasteiger partial charge in [0.15, 0.2) is 0 Å². The molecule has 0 spiro atoms. The lowest BCUT2D eigenvalue weighted by molar-refractivity contribution is -0.139. The molecule has 6 rings (SSSR count). The van der Waals surface area contributed by atoms with Gasteiger partial charge in [0.2, 0.25) is 0 Å². The van der Waals surface area contributed by atoms with Crippen LogP contribution in [0.5, 0.6) is 11.5 Å². The molecule has 0 aliphatic heterocycles. The number of hydrogen-bond donors (Lipinski definition) is 3. The second-order valence-electron chi connectivity index (χ2n) is 10.0. The summed E-state index contributed by atoms with van der Waals surface area (Å²) in [6.07, 6.45) is 1.90. The highest BCUT2D eigenvalue weighted by Crippen LogP contribution is 2.34. The number of carboxylic acid groups (broad SMARTS) is 1. The van der Waals surface area contributed by atoms with Gasteiger partial charge in [-0.15, -0.1) is 0 Å². The summed E-state index contributed by atoms with van der Waals surface area (Å²) in [6.45, 7) is 0. The molecule has 3 N–H and O–H groups in total. The van der Waals surface area contributed by atoms with Crippen molar-refractivity contribution in [2.45, 2.75) is 12.5 Å². The van der Waals surface area contributed by atoms with Crippen LogP contribution in [0.1, 0.15) is 15.9 Å². The zero-order valence-corrected chi connectivity index (χ0v) is 23.5. The van der Waals surface area contributed by atoms with Gasteiger partial charge in [-0.1, -0.05) is 42.5 Å². The molecule has 0 aliphatic rings. The first-order valence-electron chi connectivity index (χ1n) is 13.6. The molecule has 0 radical (unpaired) electrons. The molecule has 4 aromatic carbocycles. The van der Waals surface area contributed by atoms with Crippen molar-refractivity contribution in [3.8, 4) is 34.0 Å². The number of carboxylic acids is 1. The van der Waals surface area contributed by atoms with Gasteiger partial charge in [-0.25, -0.2) is 14.8 Å². The first kappa shape index (κ1) is 27.5. The van der Waals surface area contributed by atoms with Crippen LogP contribution in [0, 0.1) is 0 Å². The Labute approximate surface area is 247 Å². The SMILES string of the molecule is COc1cccc(-c2nc3ccc(C(=O)N[C@@H](Cc4c[nH]c5ccccc45)C(=O)O)cc3nc2-c2cccc(OC)c2)c1. The van der Waals surface area contributed by atoms with Crippen molar-refractivity contribution in [3.63, 3.8) is 0 Å². The average molecular weight is 573 g/mol. The van der Waals surface area contributed by atoms with Crippen molar-refractivity contribution in [1.82, 2.24) is 20.3 Å².